The molecule has 0 spiro atoms. The molecule has 0 N–H and O–H groups in total. The number of carbonyl (C=O) groups excluding carboxylic acids is 1. The zero-order chi connectivity index (χ0) is 20.4. The molecule has 0 aromatic heterocycles. The standard InChI is InChI=1S/C23H16Cl2O4/c1-27-15-7-5-14(6-8-15)11-22-23(26)17-10-9-16(12-21(17)29-22)28-13-18-19(24)3-2-4-20(18)25/h2-12H,13H2,1H3/b22-11-. The molecular weight excluding hydrogens is 411 g/mol. The molecule has 0 amide bonds. The molecule has 3 aromatic rings. The van der Waals surface area contributed by atoms with Crippen molar-refractivity contribution < 1.29 is 19.0 Å². The van der Waals surface area contributed by atoms with Crippen LogP contribution >= 0.6 is 23.2 Å². The molecule has 1 aliphatic heterocycles. The van der Waals surface area contributed by atoms with E-state index in [1.165, 1.54) is 0 Å². The van der Waals surface area contributed by atoms with Crippen molar-refractivity contribution >= 4 is 35.1 Å². The fourth-order valence-corrected chi connectivity index (χ4v) is 3.44. The Bertz CT molecular complexity index is 1080. The van der Waals surface area contributed by atoms with Gasteiger partial charge in [0, 0.05) is 21.7 Å². The van der Waals surface area contributed by atoms with Crippen LogP contribution < -0.4 is 14.2 Å². The Morgan fingerprint density at radius 3 is 2.34 bits per heavy atom. The number of allylic oxidation sites excluding steroid dienone is 1. The van der Waals surface area contributed by atoms with Crippen molar-refractivity contribution in [3.8, 4) is 17.2 Å². The topological polar surface area (TPSA) is 44.8 Å². The van der Waals surface area contributed by atoms with Crippen LogP contribution in [0, 0.1) is 0 Å². The van der Waals surface area contributed by atoms with E-state index in [1.807, 2.05) is 24.3 Å². The molecule has 1 heterocycles. The van der Waals surface area contributed by atoms with Crippen LogP contribution in [0.2, 0.25) is 10.0 Å². The maximum Gasteiger partial charge on any atom is 0.231 e. The summed E-state index contributed by atoms with van der Waals surface area (Å²) < 4.78 is 16.7. The highest BCUT2D eigenvalue weighted by Crippen LogP contribution is 2.35. The van der Waals surface area contributed by atoms with Gasteiger partial charge in [0.1, 0.15) is 23.9 Å². The third-order valence-electron chi connectivity index (χ3n) is 4.50. The number of hydrogen-bond donors (Lipinski definition) is 0. The maximum atomic E-state index is 12.6. The Morgan fingerprint density at radius 2 is 1.66 bits per heavy atom. The first-order valence-corrected chi connectivity index (χ1v) is 9.59. The van der Waals surface area contributed by atoms with E-state index >= 15 is 0 Å². The molecule has 0 saturated heterocycles. The van der Waals surface area contributed by atoms with Crippen LogP contribution in [0.4, 0.5) is 0 Å². The maximum absolute atomic E-state index is 12.6. The molecule has 4 rings (SSSR count). The average Bonchev–Trinajstić information content (AvgIpc) is 3.03. The van der Waals surface area contributed by atoms with E-state index in [9.17, 15) is 4.79 Å². The number of Topliss-reactive ketones (excluding diaryl/α,β-unsaturated/α-hetero) is 1. The first kappa shape index (κ1) is 19.4. The lowest BCUT2D eigenvalue weighted by molar-refractivity contribution is 0.101. The number of benzene rings is 3. The van der Waals surface area contributed by atoms with Gasteiger partial charge in [-0.05, 0) is 48.0 Å². The molecule has 29 heavy (non-hydrogen) atoms. The van der Waals surface area contributed by atoms with E-state index in [0.29, 0.717) is 32.7 Å². The smallest absolute Gasteiger partial charge is 0.231 e. The van der Waals surface area contributed by atoms with E-state index < -0.39 is 0 Å². The summed E-state index contributed by atoms with van der Waals surface area (Å²) in [5.74, 6) is 1.85. The minimum Gasteiger partial charge on any atom is -0.497 e. The van der Waals surface area contributed by atoms with E-state index in [0.717, 1.165) is 11.3 Å². The Balaban J connectivity index is 1.51. The summed E-state index contributed by atoms with van der Waals surface area (Å²) in [5, 5.41) is 1.07. The van der Waals surface area contributed by atoms with Gasteiger partial charge in [-0.15, -0.1) is 0 Å². The number of halogens is 2. The van der Waals surface area contributed by atoms with Crippen molar-refractivity contribution in [2.45, 2.75) is 6.61 Å². The average molecular weight is 427 g/mol. The molecule has 1 aliphatic rings. The summed E-state index contributed by atoms with van der Waals surface area (Å²) in [6.07, 6.45) is 1.70. The molecule has 0 bridgehead atoms. The van der Waals surface area contributed by atoms with Crippen LogP contribution in [-0.4, -0.2) is 12.9 Å². The summed E-state index contributed by atoms with van der Waals surface area (Å²) in [4.78, 5) is 12.6. The van der Waals surface area contributed by atoms with E-state index in [-0.39, 0.29) is 18.1 Å². The van der Waals surface area contributed by atoms with Gasteiger partial charge in [0.2, 0.25) is 5.78 Å². The first-order chi connectivity index (χ1) is 14.0. The summed E-state index contributed by atoms with van der Waals surface area (Å²) in [6.45, 7) is 0.208. The van der Waals surface area contributed by atoms with E-state index in [2.05, 4.69) is 0 Å². The van der Waals surface area contributed by atoms with Gasteiger partial charge in [0.05, 0.1) is 12.7 Å². The summed E-state index contributed by atoms with van der Waals surface area (Å²) in [7, 11) is 1.60. The van der Waals surface area contributed by atoms with Gasteiger partial charge >= 0.3 is 0 Å². The van der Waals surface area contributed by atoms with E-state index in [1.54, 1.807) is 49.6 Å². The number of rotatable bonds is 5. The Kier molecular flexibility index (Phi) is 5.47. The van der Waals surface area contributed by atoms with Crippen LogP contribution in [0.1, 0.15) is 21.5 Å². The molecule has 0 unspecified atom stereocenters. The predicted octanol–water partition coefficient (Wildman–Crippen LogP) is 6.20. The third kappa shape index (κ3) is 4.09. The normalized spacial score (nSPS) is 13.9. The summed E-state index contributed by atoms with van der Waals surface area (Å²) >= 11 is 12.3. The van der Waals surface area contributed by atoms with Crippen molar-refractivity contribution in [1.29, 1.82) is 0 Å². The number of methoxy groups -OCH3 is 1. The number of ketones is 1. The quantitative estimate of drug-likeness (QED) is 0.455. The fraction of sp³-hybridized carbons (Fsp3) is 0.0870. The van der Waals surface area contributed by atoms with E-state index in [4.69, 9.17) is 37.4 Å². The van der Waals surface area contributed by atoms with Crippen LogP contribution in [0.15, 0.2) is 66.4 Å². The van der Waals surface area contributed by atoms with Gasteiger partial charge in [0.15, 0.2) is 5.76 Å². The summed E-state index contributed by atoms with van der Waals surface area (Å²) in [6, 6.07) is 17.7. The van der Waals surface area contributed by atoms with Crippen LogP contribution in [0.25, 0.3) is 6.08 Å². The highest BCUT2D eigenvalue weighted by molar-refractivity contribution is 6.35. The second-order valence-corrected chi connectivity index (χ2v) is 7.17. The van der Waals surface area contributed by atoms with Crippen molar-refractivity contribution in [3.63, 3.8) is 0 Å². The van der Waals surface area contributed by atoms with Crippen LogP contribution in [-0.2, 0) is 6.61 Å². The molecule has 0 aliphatic carbocycles. The SMILES string of the molecule is COc1ccc(/C=C2\Oc3cc(OCc4c(Cl)cccc4Cl)ccc3C2=O)cc1. The number of ether oxygens (including phenoxy) is 3. The lowest BCUT2D eigenvalue weighted by atomic mass is 10.1. The number of hydrogen-bond acceptors (Lipinski definition) is 4. The van der Waals surface area contributed by atoms with Gasteiger partial charge in [-0.1, -0.05) is 41.4 Å². The van der Waals surface area contributed by atoms with Crippen molar-refractivity contribution in [3.05, 3.63) is 93.2 Å². The van der Waals surface area contributed by atoms with Gasteiger partial charge in [0.25, 0.3) is 0 Å². The molecular formula is C23H16Cl2O4. The van der Waals surface area contributed by atoms with Crippen molar-refractivity contribution in [1.82, 2.24) is 0 Å². The van der Waals surface area contributed by atoms with Crippen molar-refractivity contribution in [2.75, 3.05) is 7.11 Å². The minimum absolute atomic E-state index is 0.170. The summed E-state index contributed by atoms with van der Waals surface area (Å²) in [5.41, 5.74) is 2.04. The van der Waals surface area contributed by atoms with Gasteiger partial charge in [-0.2, -0.15) is 0 Å². The molecule has 146 valence electrons. The Hall–Kier alpha value is -2.95. The van der Waals surface area contributed by atoms with Gasteiger partial charge < -0.3 is 14.2 Å². The first-order valence-electron chi connectivity index (χ1n) is 8.83. The highest BCUT2D eigenvalue weighted by atomic mass is 35.5. The fourth-order valence-electron chi connectivity index (χ4n) is 2.93. The predicted molar refractivity (Wildman–Crippen MR) is 113 cm³/mol. The lowest BCUT2D eigenvalue weighted by Gasteiger charge is -2.10. The van der Waals surface area contributed by atoms with Crippen LogP contribution in [0.3, 0.4) is 0 Å². The second kappa shape index (κ2) is 8.19. The molecule has 0 radical (unpaired) electrons. The second-order valence-electron chi connectivity index (χ2n) is 6.36. The number of fused-ring (bicyclic) bond motifs is 1. The van der Waals surface area contributed by atoms with Gasteiger partial charge in [-0.3, -0.25) is 4.79 Å². The molecule has 0 atom stereocenters. The molecule has 4 nitrogen and oxygen atoms in total. The zero-order valence-electron chi connectivity index (χ0n) is 15.4. The monoisotopic (exact) mass is 426 g/mol. The molecule has 0 saturated carbocycles. The van der Waals surface area contributed by atoms with Crippen LogP contribution in [0.5, 0.6) is 17.2 Å². The number of carbonyl (C=O) groups is 1. The zero-order valence-corrected chi connectivity index (χ0v) is 17.0. The Labute approximate surface area is 178 Å². The van der Waals surface area contributed by atoms with Gasteiger partial charge in [-0.25, -0.2) is 0 Å². The third-order valence-corrected chi connectivity index (χ3v) is 5.21. The lowest BCUT2D eigenvalue weighted by Crippen LogP contribution is -1.98. The molecule has 6 heteroatoms. The molecule has 0 fully saturated rings. The Morgan fingerprint density at radius 1 is 0.966 bits per heavy atom. The van der Waals surface area contributed by atoms with Crippen molar-refractivity contribution in [2.24, 2.45) is 0 Å². The minimum atomic E-state index is -0.170. The highest BCUT2D eigenvalue weighted by Gasteiger charge is 2.27. The largest absolute Gasteiger partial charge is 0.497 e. The molecule has 3 aromatic carbocycles.